The van der Waals surface area contributed by atoms with Gasteiger partial charge in [-0.3, -0.25) is 4.79 Å². The van der Waals surface area contributed by atoms with Gasteiger partial charge in [0.1, 0.15) is 13.2 Å². The second-order valence-corrected chi connectivity index (χ2v) is 11.6. The number of ether oxygens (including phenoxy) is 3. The summed E-state index contributed by atoms with van der Waals surface area (Å²) < 4.78 is 16.7. The number of nitrogens with two attached hydrogens (primary N) is 1. The summed E-state index contributed by atoms with van der Waals surface area (Å²) in [6.07, 6.45) is 0.657. The van der Waals surface area contributed by atoms with Gasteiger partial charge in [-0.1, -0.05) is 51.1 Å². The van der Waals surface area contributed by atoms with Crippen LogP contribution in [0.3, 0.4) is 0 Å². The number of benzene rings is 2. The molecule has 2 rings (SSSR count). The minimum Gasteiger partial charge on any atom is -0.493 e. The lowest BCUT2D eigenvalue weighted by Gasteiger charge is -2.24. The molecule has 0 aromatic heterocycles. The number of carbonyl (C=O) groups excluding carboxylic acids is 1. The second kappa shape index (κ2) is 13.6. The molecule has 2 aromatic rings. The van der Waals surface area contributed by atoms with E-state index < -0.39 is 5.41 Å². The Bertz CT molecular complexity index is 1030. The summed E-state index contributed by atoms with van der Waals surface area (Å²) in [7, 11) is 1.60. The van der Waals surface area contributed by atoms with Gasteiger partial charge < -0.3 is 30.6 Å². The molecular weight excluding hydrogens is 486 g/mol. The number of thiocarbonyl (C=S) groups is 1. The molecule has 8 heteroatoms. The summed E-state index contributed by atoms with van der Waals surface area (Å²) in [5.74, 6) is 1.04. The Labute approximate surface area is 227 Å². The predicted molar refractivity (Wildman–Crippen MR) is 153 cm³/mol. The zero-order chi connectivity index (χ0) is 27.6. The number of methoxy groups -OCH3 is 1. The fourth-order valence-corrected chi connectivity index (χ4v) is 3.74. The van der Waals surface area contributed by atoms with Crippen LogP contribution in [-0.4, -0.2) is 44.0 Å². The van der Waals surface area contributed by atoms with E-state index in [1.165, 1.54) is 5.56 Å². The lowest BCUT2D eigenvalue weighted by molar-refractivity contribution is -0.153. The van der Waals surface area contributed by atoms with Gasteiger partial charge >= 0.3 is 5.97 Å². The molecular formula is C29H43N3O4S. The molecule has 0 heterocycles. The van der Waals surface area contributed by atoms with Crippen molar-refractivity contribution in [3.05, 3.63) is 59.2 Å². The first-order chi connectivity index (χ1) is 17.3. The molecule has 0 bridgehead atoms. The third-order valence-electron chi connectivity index (χ3n) is 5.72. The molecule has 2 aromatic carbocycles. The first-order valence-electron chi connectivity index (χ1n) is 12.6. The average molecular weight is 530 g/mol. The van der Waals surface area contributed by atoms with Crippen molar-refractivity contribution >= 4 is 23.3 Å². The van der Waals surface area contributed by atoms with Crippen LogP contribution in [0.1, 0.15) is 58.2 Å². The van der Waals surface area contributed by atoms with Crippen LogP contribution < -0.4 is 25.8 Å². The van der Waals surface area contributed by atoms with E-state index >= 15 is 0 Å². The van der Waals surface area contributed by atoms with Gasteiger partial charge in [0.25, 0.3) is 0 Å². The highest BCUT2D eigenvalue weighted by molar-refractivity contribution is 7.80. The summed E-state index contributed by atoms with van der Waals surface area (Å²) in [6.45, 7) is 13.7. The quantitative estimate of drug-likeness (QED) is 0.289. The van der Waals surface area contributed by atoms with E-state index in [-0.39, 0.29) is 24.0 Å². The van der Waals surface area contributed by atoms with Crippen molar-refractivity contribution < 1.29 is 19.0 Å². The lowest BCUT2D eigenvalue weighted by Crippen LogP contribution is -2.45. The molecule has 204 valence electrons. The lowest BCUT2D eigenvalue weighted by atomic mass is 9.86. The Morgan fingerprint density at radius 3 is 2.22 bits per heavy atom. The molecule has 0 aliphatic heterocycles. The van der Waals surface area contributed by atoms with Crippen molar-refractivity contribution in [3.63, 3.8) is 0 Å². The van der Waals surface area contributed by atoms with Crippen molar-refractivity contribution in [2.45, 2.75) is 66.0 Å². The number of hydrogen-bond acceptors (Lipinski definition) is 6. The van der Waals surface area contributed by atoms with Crippen LogP contribution in [0.5, 0.6) is 11.5 Å². The Balaban J connectivity index is 2.05. The average Bonchev–Trinajstić information content (AvgIpc) is 2.83. The summed E-state index contributed by atoms with van der Waals surface area (Å²) >= 11 is 5.58. The van der Waals surface area contributed by atoms with Gasteiger partial charge in [-0.25, -0.2) is 0 Å². The summed E-state index contributed by atoms with van der Waals surface area (Å²) in [6, 6.07) is 14.1. The van der Waals surface area contributed by atoms with E-state index in [0.29, 0.717) is 42.7 Å². The van der Waals surface area contributed by atoms with E-state index in [0.717, 1.165) is 11.1 Å². The molecule has 1 unspecified atom stereocenters. The predicted octanol–water partition coefficient (Wildman–Crippen LogP) is 4.49. The minimum absolute atomic E-state index is 0.0847. The Hall–Kier alpha value is -2.84. The summed E-state index contributed by atoms with van der Waals surface area (Å²) in [5.41, 5.74) is 8.43. The van der Waals surface area contributed by atoms with Crippen LogP contribution >= 0.6 is 12.2 Å². The monoisotopic (exact) mass is 529 g/mol. The van der Waals surface area contributed by atoms with Crippen molar-refractivity contribution in [2.75, 3.05) is 26.9 Å². The maximum absolute atomic E-state index is 12.4. The Kier molecular flexibility index (Phi) is 11.2. The highest BCUT2D eigenvalue weighted by Crippen LogP contribution is 2.28. The van der Waals surface area contributed by atoms with E-state index in [2.05, 4.69) is 55.7 Å². The standard InChI is InChI=1S/C29H43N3O4S/c1-28(2,3)22-11-8-20(9-12-22)16-23(19-36-26(33)29(4,5)6)32-27(37)31-18-21-10-13-24(35-15-14-30)25(17-21)34-7/h8-13,17,23H,14-16,18-19,30H2,1-7H3,(H2,31,32,37). The smallest absolute Gasteiger partial charge is 0.311 e. The fourth-order valence-electron chi connectivity index (χ4n) is 3.50. The Morgan fingerprint density at radius 2 is 1.65 bits per heavy atom. The van der Waals surface area contributed by atoms with Crippen molar-refractivity contribution in [3.8, 4) is 11.5 Å². The molecule has 1 atom stereocenters. The minimum atomic E-state index is -0.573. The molecule has 0 saturated carbocycles. The van der Waals surface area contributed by atoms with Crippen LogP contribution in [0.4, 0.5) is 0 Å². The largest absolute Gasteiger partial charge is 0.493 e. The van der Waals surface area contributed by atoms with E-state index in [1.54, 1.807) is 7.11 Å². The zero-order valence-electron chi connectivity index (χ0n) is 23.3. The van der Waals surface area contributed by atoms with E-state index in [9.17, 15) is 4.79 Å². The zero-order valence-corrected chi connectivity index (χ0v) is 24.1. The number of rotatable bonds is 11. The highest BCUT2D eigenvalue weighted by Gasteiger charge is 2.25. The molecule has 4 N–H and O–H groups in total. The van der Waals surface area contributed by atoms with Crippen molar-refractivity contribution in [1.29, 1.82) is 0 Å². The van der Waals surface area contributed by atoms with Crippen molar-refractivity contribution in [1.82, 2.24) is 10.6 Å². The maximum Gasteiger partial charge on any atom is 0.311 e. The molecule has 0 aliphatic carbocycles. The normalized spacial score (nSPS) is 12.4. The first kappa shape index (κ1) is 30.4. The maximum atomic E-state index is 12.4. The number of carbonyl (C=O) groups is 1. The topological polar surface area (TPSA) is 94.8 Å². The van der Waals surface area contributed by atoms with E-state index in [1.807, 2.05) is 39.0 Å². The highest BCUT2D eigenvalue weighted by atomic mass is 32.1. The number of nitrogens with one attached hydrogen (secondary N) is 2. The van der Waals surface area contributed by atoms with Gasteiger partial charge in [-0.2, -0.15) is 0 Å². The molecule has 0 spiro atoms. The van der Waals surface area contributed by atoms with Gasteiger partial charge in [0.15, 0.2) is 16.6 Å². The van der Waals surface area contributed by atoms with E-state index in [4.69, 9.17) is 32.2 Å². The van der Waals surface area contributed by atoms with Gasteiger partial charge in [-0.15, -0.1) is 0 Å². The van der Waals surface area contributed by atoms with Gasteiger partial charge in [0.05, 0.1) is 18.6 Å². The molecule has 0 saturated heterocycles. The van der Waals surface area contributed by atoms with Crippen LogP contribution in [0.2, 0.25) is 0 Å². The molecule has 37 heavy (non-hydrogen) atoms. The second-order valence-electron chi connectivity index (χ2n) is 11.1. The number of esters is 1. The molecule has 0 amide bonds. The van der Waals surface area contributed by atoms with Crippen LogP contribution in [0.15, 0.2) is 42.5 Å². The van der Waals surface area contributed by atoms with Gasteiger partial charge in [0.2, 0.25) is 0 Å². The summed E-state index contributed by atoms with van der Waals surface area (Å²) in [4.78, 5) is 12.4. The number of hydrogen-bond donors (Lipinski definition) is 3. The third-order valence-corrected chi connectivity index (χ3v) is 5.98. The van der Waals surface area contributed by atoms with Gasteiger partial charge in [0, 0.05) is 13.1 Å². The van der Waals surface area contributed by atoms with Crippen LogP contribution in [0, 0.1) is 5.41 Å². The summed E-state index contributed by atoms with van der Waals surface area (Å²) in [5, 5.41) is 7.05. The molecule has 0 fully saturated rings. The van der Waals surface area contributed by atoms with Crippen molar-refractivity contribution in [2.24, 2.45) is 11.1 Å². The van der Waals surface area contributed by atoms with Crippen LogP contribution in [-0.2, 0) is 27.9 Å². The molecule has 0 radical (unpaired) electrons. The Morgan fingerprint density at radius 1 is 1.00 bits per heavy atom. The van der Waals surface area contributed by atoms with Gasteiger partial charge in [-0.05, 0) is 73.6 Å². The SMILES string of the molecule is COc1cc(CNC(=S)NC(COC(=O)C(C)(C)C)Cc2ccc(C(C)(C)C)cc2)ccc1OCCN. The fraction of sp³-hybridized carbons (Fsp3) is 0.517. The molecule has 7 nitrogen and oxygen atoms in total. The molecule has 0 aliphatic rings. The third kappa shape index (κ3) is 10.2. The van der Waals surface area contributed by atoms with Crippen LogP contribution in [0.25, 0.3) is 0 Å². The first-order valence-corrected chi connectivity index (χ1v) is 13.0.